The number of piperidine rings is 1. The Morgan fingerprint density at radius 2 is 1.75 bits per heavy atom. The van der Waals surface area contributed by atoms with Crippen molar-refractivity contribution in [1.29, 1.82) is 0 Å². The van der Waals surface area contributed by atoms with Crippen molar-refractivity contribution in [3.8, 4) is 0 Å². The Balaban J connectivity index is 1.62. The molecule has 0 bridgehead atoms. The molecule has 1 saturated carbocycles. The number of carbonyl (C=O) groups is 1. The Hall–Kier alpha value is -0.370. The van der Waals surface area contributed by atoms with Crippen molar-refractivity contribution in [3.63, 3.8) is 0 Å². The summed E-state index contributed by atoms with van der Waals surface area (Å²) in [7, 11) is 0. The lowest BCUT2D eigenvalue weighted by molar-refractivity contribution is -0.121. The van der Waals surface area contributed by atoms with Gasteiger partial charge in [0.05, 0.1) is 0 Å². The molecule has 0 radical (unpaired) electrons. The molecule has 2 fully saturated rings. The van der Waals surface area contributed by atoms with Crippen LogP contribution >= 0.6 is 0 Å². The van der Waals surface area contributed by atoms with Gasteiger partial charge in [-0.15, -0.1) is 0 Å². The summed E-state index contributed by atoms with van der Waals surface area (Å²) in [5.74, 6) is 2.39. The Labute approximate surface area is 99.4 Å². The molecule has 1 aliphatic carbocycles. The Bertz CT molecular complexity index is 221. The van der Waals surface area contributed by atoms with E-state index in [1.165, 1.54) is 38.6 Å². The van der Waals surface area contributed by atoms with Crippen LogP contribution in [0.1, 0.15) is 51.9 Å². The number of hydrogen-bond acceptors (Lipinski definition) is 2. The summed E-state index contributed by atoms with van der Waals surface area (Å²) in [5, 5.41) is 0. The van der Waals surface area contributed by atoms with Gasteiger partial charge >= 0.3 is 0 Å². The first kappa shape index (κ1) is 12.1. The molecule has 1 aliphatic heterocycles. The van der Waals surface area contributed by atoms with Gasteiger partial charge in [-0.3, -0.25) is 4.79 Å². The van der Waals surface area contributed by atoms with Gasteiger partial charge < -0.3 is 4.90 Å². The molecule has 92 valence electrons. The molecule has 2 nitrogen and oxygen atoms in total. The van der Waals surface area contributed by atoms with Gasteiger partial charge in [0.2, 0.25) is 0 Å². The molecule has 2 aliphatic rings. The first-order valence-corrected chi connectivity index (χ1v) is 6.98. The van der Waals surface area contributed by atoms with Gasteiger partial charge in [0.25, 0.3) is 0 Å². The molecule has 0 aromatic rings. The molecule has 0 aromatic heterocycles. The highest BCUT2D eigenvalue weighted by atomic mass is 16.1. The zero-order valence-electron chi connectivity index (χ0n) is 10.6. The van der Waals surface area contributed by atoms with E-state index in [4.69, 9.17) is 0 Å². The normalized spacial score (nSPS) is 32.9. The molecule has 0 atom stereocenters. The topological polar surface area (TPSA) is 20.3 Å². The quantitative estimate of drug-likeness (QED) is 0.733. The van der Waals surface area contributed by atoms with Gasteiger partial charge in [-0.2, -0.15) is 0 Å². The van der Waals surface area contributed by atoms with E-state index >= 15 is 0 Å². The lowest BCUT2D eigenvalue weighted by Crippen LogP contribution is -2.35. The zero-order valence-corrected chi connectivity index (χ0v) is 10.6. The largest absolute Gasteiger partial charge is 0.302 e. The number of nitrogens with zero attached hydrogens (tertiary/aromatic N) is 1. The van der Waals surface area contributed by atoms with Crippen LogP contribution in [0.4, 0.5) is 0 Å². The van der Waals surface area contributed by atoms with Crippen molar-refractivity contribution in [2.24, 2.45) is 11.8 Å². The highest BCUT2D eigenvalue weighted by Gasteiger charge is 2.20. The van der Waals surface area contributed by atoms with E-state index in [2.05, 4.69) is 11.8 Å². The standard InChI is InChI=1S/C14H25NO/c1-12-2-4-13(5-3-12)6-9-15-10-7-14(16)8-11-15/h12-13H,2-11H2,1H3. The van der Waals surface area contributed by atoms with Crippen molar-refractivity contribution in [2.75, 3.05) is 19.6 Å². The smallest absolute Gasteiger partial charge is 0.135 e. The molecule has 16 heavy (non-hydrogen) atoms. The molecule has 0 N–H and O–H groups in total. The molecule has 0 spiro atoms. The van der Waals surface area contributed by atoms with E-state index in [1.807, 2.05) is 0 Å². The third-order valence-electron chi connectivity index (χ3n) is 4.40. The zero-order chi connectivity index (χ0) is 11.4. The second-order valence-corrected chi connectivity index (χ2v) is 5.79. The number of Topliss-reactive ketones (excluding diaryl/α,β-unsaturated/α-hetero) is 1. The summed E-state index contributed by atoms with van der Waals surface area (Å²) in [6, 6.07) is 0. The summed E-state index contributed by atoms with van der Waals surface area (Å²) in [6.07, 6.45) is 8.69. The van der Waals surface area contributed by atoms with Crippen molar-refractivity contribution in [1.82, 2.24) is 4.90 Å². The molecule has 2 heteroatoms. The van der Waals surface area contributed by atoms with Gasteiger partial charge in [0.15, 0.2) is 0 Å². The lowest BCUT2D eigenvalue weighted by Gasteiger charge is -2.30. The number of likely N-dealkylation sites (tertiary alicyclic amines) is 1. The summed E-state index contributed by atoms with van der Waals surface area (Å²) in [4.78, 5) is 13.6. The third-order valence-corrected chi connectivity index (χ3v) is 4.40. The third kappa shape index (κ3) is 3.58. The van der Waals surface area contributed by atoms with Crippen molar-refractivity contribution in [3.05, 3.63) is 0 Å². The fraction of sp³-hybridized carbons (Fsp3) is 0.929. The lowest BCUT2D eigenvalue weighted by atomic mass is 9.81. The maximum absolute atomic E-state index is 11.1. The maximum Gasteiger partial charge on any atom is 0.135 e. The van der Waals surface area contributed by atoms with Crippen LogP contribution in [0.15, 0.2) is 0 Å². The van der Waals surface area contributed by atoms with Crippen molar-refractivity contribution >= 4 is 5.78 Å². The van der Waals surface area contributed by atoms with E-state index in [-0.39, 0.29) is 0 Å². The minimum Gasteiger partial charge on any atom is -0.302 e. The highest BCUT2D eigenvalue weighted by Crippen LogP contribution is 2.30. The van der Waals surface area contributed by atoms with E-state index in [9.17, 15) is 4.79 Å². The van der Waals surface area contributed by atoms with Crippen LogP contribution in [0.5, 0.6) is 0 Å². The Morgan fingerprint density at radius 3 is 2.38 bits per heavy atom. The molecule has 2 rings (SSSR count). The molecule has 0 unspecified atom stereocenters. The van der Waals surface area contributed by atoms with Gasteiger partial charge in [-0.25, -0.2) is 0 Å². The SMILES string of the molecule is CC1CCC(CCN2CCC(=O)CC2)CC1. The fourth-order valence-corrected chi connectivity index (χ4v) is 3.01. The molecule has 0 aromatic carbocycles. The summed E-state index contributed by atoms with van der Waals surface area (Å²) < 4.78 is 0. The van der Waals surface area contributed by atoms with Crippen LogP contribution in [-0.4, -0.2) is 30.3 Å². The van der Waals surface area contributed by atoms with Gasteiger partial charge in [0, 0.05) is 25.9 Å². The van der Waals surface area contributed by atoms with E-state index in [0.29, 0.717) is 5.78 Å². The Morgan fingerprint density at radius 1 is 1.12 bits per heavy atom. The van der Waals surface area contributed by atoms with Crippen LogP contribution in [0.3, 0.4) is 0 Å². The highest BCUT2D eigenvalue weighted by molar-refractivity contribution is 5.79. The Kier molecular flexibility index (Phi) is 4.39. The van der Waals surface area contributed by atoms with Crippen LogP contribution in [-0.2, 0) is 4.79 Å². The predicted molar refractivity (Wildman–Crippen MR) is 66.4 cm³/mol. The second kappa shape index (κ2) is 5.81. The van der Waals surface area contributed by atoms with Crippen LogP contribution < -0.4 is 0 Å². The number of rotatable bonds is 3. The molecular formula is C14H25NO. The number of hydrogen-bond donors (Lipinski definition) is 0. The minimum atomic E-state index is 0.461. The van der Waals surface area contributed by atoms with E-state index < -0.39 is 0 Å². The van der Waals surface area contributed by atoms with Crippen LogP contribution in [0, 0.1) is 11.8 Å². The summed E-state index contributed by atoms with van der Waals surface area (Å²) in [6.45, 7) is 5.64. The number of carbonyl (C=O) groups excluding carboxylic acids is 1. The first-order valence-electron chi connectivity index (χ1n) is 6.98. The number of ketones is 1. The molecular weight excluding hydrogens is 198 g/mol. The second-order valence-electron chi connectivity index (χ2n) is 5.79. The van der Waals surface area contributed by atoms with E-state index in [1.54, 1.807) is 0 Å². The van der Waals surface area contributed by atoms with Crippen molar-refractivity contribution in [2.45, 2.75) is 51.9 Å². The minimum absolute atomic E-state index is 0.461. The van der Waals surface area contributed by atoms with Gasteiger partial charge in [0.1, 0.15) is 5.78 Å². The van der Waals surface area contributed by atoms with Crippen molar-refractivity contribution < 1.29 is 4.79 Å². The molecule has 1 saturated heterocycles. The van der Waals surface area contributed by atoms with Crippen LogP contribution in [0.25, 0.3) is 0 Å². The first-order chi connectivity index (χ1) is 7.74. The average Bonchev–Trinajstić information content (AvgIpc) is 2.30. The maximum atomic E-state index is 11.1. The van der Waals surface area contributed by atoms with Crippen LogP contribution in [0.2, 0.25) is 0 Å². The average molecular weight is 223 g/mol. The van der Waals surface area contributed by atoms with Gasteiger partial charge in [-0.05, 0) is 24.8 Å². The molecule has 0 amide bonds. The monoisotopic (exact) mass is 223 g/mol. The molecule has 1 heterocycles. The summed E-state index contributed by atoms with van der Waals surface area (Å²) in [5.41, 5.74) is 0. The predicted octanol–water partition coefficient (Wildman–Crippen LogP) is 2.87. The van der Waals surface area contributed by atoms with Gasteiger partial charge in [-0.1, -0.05) is 32.6 Å². The summed E-state index contributed by atoms with van der Waals surface area (Å²) >= 11 is 0. The van der Waals surface area contributed by atoms with E-state index in [0.717, 1.165) is 37.8 Å². The fourth-order valence-electron chi connectivity index (χ4n) is 3.01.